The van der Waals surface area contributed by atoms with E-state index in [-0.39, 0.29) is 12.5 Å². The highest BCUT2D eigenvalue weighted by Gasteiger charge is 2.17. The minimum atomic E-state index is -0.189. The number of amides is 1. The van der Waals surface area contributed by atoms with Crippen molar-refractivity contribution in [3.05, 3.63) is 71.7 Å². The number of nitrogens with one attached hydrogen (secondary N) is 1. The number of pyridine rings is 1. The fourth-order valence-electron chi connectivity index (χ4n) is 2.78. The third-order valence-corrected chi connectivity index (χ3v) is 3.97. The Morgan fingerprint density at radius 3 is 2.65 bits per heavy atom. The first-order valence-electron chi connectivity index (χ1n) is 8.11. The van der Waals surface area contributed by atoms with Crippen molar-refractivity contribution in [3.8, 4) is 17.6 Å². The molecule has 0 saturated heterocycles. The molecule has 0 atom stereocenters. The van der Waals surface area contributed by atoms with Crippen LogP contribution in [0, 0.1) is 25.2 Å². The summed E-state index contributed by atoms with van der Waals surface area (Å²) in [5.41, 5.74) is 3.01. The van der Waals surface area contributed by atoms with E-state index in [0.29, 0.717) is 17.0 Å². The lowest BCUT2D eigenvalue weighted by atomic mass is 10.2. The molecule has 0 saturated carbocycles. The van der Waals surface area contributed by atoms with E-state index in [0.717, 1.165) is 17.2 Å². The van der Waals surface area contributed by atoms with Crippen LogP contribution in [0.4, 0.5) is 5.69 Å². The van der Waals surface area contributed by atoms with Crippen molar-refractivity contribution in [2.24, 2.45) is 0 Å². The van der Waals surface area contributed by atoms with Gasteiger partial charge in [-0.25, -0.2) is 4.98 Å². The summed E-state index contributed by atoms with van der Waals surface area (Å²) in [7, 11) is 0. The van der Waals surface area contributed by atoms with Crippen LogP contribution in [0.3, 0.4) is 0 Å². The molecule has 0 spiro atoms. The Hall–Kier alpha value is -3.59. The predicted molar refractivity (Wildman–Crippen MR) is 98.5 cm³/mol. The van der Waals surface area contributed by atoms with Crippen LogP contribution in [0.15, 0.2) is 54.7 Å². The molecule has 6 heteroatoms. The highest BCUT2D eigenvalue weighted by molar-refractivity contribution is 6.05. The molecule has 0 aliphatic heterocycles. The van der Waals surface area contributed by atoms with E-state index in [4.69, 9.17) is 10.00 Å². The Morgan fingerprint density at radius 1 is 1.23 bits per heavy atom. The molecule has 1 amide bonds. The Bertz CT molecular complexity index is 954. The van der Waals surface area contributed by atoms with Crippen LogP contribution < -0.4 is 10.1 Å². The van der Waals surface area contributed by atoms with Gasteiger partial charge < -0.3 is 14.6 Å². The summed E-state index contributed by atoms with van der Waals surface area (Å²) in [6, 6.07) is 16.3. The molecule has 0 aliphatic carbocycles. The maximum atomic E-state index is 12.7. The molecule has 130 valence electrons. The third kappa shape index (κ3) is 3.57. The number of benzene rings is 1. The van der Waals surface area contributed by atoms with Crippen molar-refractivity contribution in [1.82, 2.24) is 9.55 Å². The summed E-state index contributed by atoms with van der Waals surface area (Å²) >= 11 is 0. The number of aryl methyl sites for hydroxylation is 1. The van der Waals surface area contributed by atoms with Crippen molar-refractivity contribution in [3.63, 3.8) is 0 Å². The molecule has 2 heterocycles. The lowest BCUT2D eigenvalue weighted by Gasteiger charge is -2.09. The first-order valence-corrected chi connectivity index (χ1v) is 8.11. The van der Waals surface area contributed by atoms with Gasteiger partial charge >= 0.3 is 0 Å². The lowest BCUT2D eigenvalue weighted by molar-refractivity contribution is 0.102. The van der Waals surface area contributed by atoms with Gasteiger partial charge in [0.05, 0.1) is 5.56 Å². The van der Waals surface area contributed by atoms with Gasteiger partial charge in [0.25, 0.3) is 5.91 Å². The Balaban J connectivity index is 1.80. The van der Waals surface area contributed by atoms with Crippen LogP contribution in [-0.2, 0) is 0 Å². The third-order valence-electron chi connectivity index (χ3n) is 3.97. The first kappa shape index (κ1) is 17.2. The summed E-state index contributed by atoms with van der Waals surface area (Å²) in [4.78, 5) is 17.0. The molecule has 0 unspecified atom stereocenters. The van der Waals surface area contributed by atoms with Gasteiger partial charge in [-0.1, -0.05) is 6.07 Å². The molecule has 3 aromatic rings. The van der Waals surface area contributed by atoms with E-state index in [1.807, 2.05) is 48.7 Å². The normalized spacial score (nSPS) is 10.2. The zero-order valence-corrected chi connectivity index (χ0v) is 14.6. The van der Waals surface area contributed by atoms with Gasteiger partial charge in [-0.2, -0.15) is 5.26 Å². The largest absolute Gasteiger partial charge is 0.479 e. The number of carbonyl (C=O) groups excluding carboxylic acids is 1. The number of nitriles is 1. The summed E-state index contributed by atoms with van der Waals surface area (Å²) in [5.74, 6) is 1.17. The van der Waals surface area contributed by atoms with Gasteiger partial charge in [0.15, 0.2) is 6.61 Å². The van der Waals surface area contributed by atoms with Crippen LogP contribution in [0.1, 0.15) is 21.7 Å². The molecule has 1 aromatic carbocycles. The fourth-order valence-corrected chi connectivity index (χ4v) is 2.78. The summed E-state index contributed by atoms with van der Waals surface area (Å²) < 4.78 is 7.15. The number of aromatic nitrogens is 2. The maximum Gasteiger partial charge on any atom is 0.257 e. The van der Waals surface area contributed by atoms with Crippen molar-refractivity contribution in [2.75, 3.05) is 11.9 Å². The second-order valence-electron chi connectivity index (χ2n) is 5.73. The van der Waals surface area contributed by atoms with E-state index in [9.17, 15) is 4.79 Å². The molecule has 0 aliphatic rings. The van der Waals surface area contributed by atoms with Crippen LogP contribution in [0.2, 0.25) is 0 Å². The van der Waals surface area contributed by atoms with Crippen LogP contribution in [0.25, 0.3) is 5.82 Å². The number of carbonyl (C=O) groups is 1. The fraction of sp³-hybridized carbons (Fsp3) is 0.150. The molecule has 0 bridgehead atoms. The van der Waals surface area contributed by atoms with E-state index in [1.54, 1.807) is 30.5 Å². The number of anilines is 1. The minimum absolute atomic E-state index is 0.00872. The number of ether oxygens (including phenoxy) is 1. The van der Waals surface area contributed by atoms with E-state index in [2.05, 4.69) is 10.3 Å². The number of hydrogen-bond acceptors (Lipinski definition) is 4. The summed E-state index contributed by atoms with van der Waals surface area (Å²) in [6.07, 6.45) is 1.73. The molecule has 0 radical (unpaired) electrons. The van der Waals surface area contributed by atoms with Crippen LogP contribution in [0.5, 0.6) is 5.75 Å². The Morgan fingerprint density at radius 2 is 2.00 bits per heavy atom. The second kappa shape index (κ2) is 7.53. The van der Waals surface area contributed by atoms with Crippen LogP contribution >= 0.6 is 0 Å². The summed E-state index contributed by atoms with van der Waals surface area (Å²) in [6.45, 7) is 3.83. The van der Waals surface area contributed by atoms with Gasteiger partial charge in [-0.15, -0.1) is 0 Å². The molecular formula is C20H18N4O2. The van der Waals surface area contributed by atoms with Gasteiger partial charge in [0.2, 0.25) is 0 Å². The molecule has 0 fully saturated rings. The average molecular weight is 346 g/mol. The maximum absolute atomic E-state index is 12.7. The van der Waals surface area contributed by atoms with Crippen molar-refractivity contribution in [1.29, 1.82) is 5.26 Å². The molecule has 26 heavy (non-hydrogen) atoms. The van der Waals surface area contributed by atoms with Gasteiger partial charge in [0.1, 0.15) is 17.6 Å². The first-order chi connectivity index (χ1) is 12.6. The lowest BCUT2D eigenvalue weighted by Crippen LogP contribution is -2.13. The van der Waals surface area contributed by atoms with Crippen molar-refractivity contribution < 1.29 is 9.53 Å². The molecular weight excluding hydrogens is 328 g/mol. The SMILES string of the molecule is Cc1cc(C(=O)Nc2ccc(OCC#N)cc2)c(C)n1-c1ccccn1. The van der Waals surface area contributed by atoms with Gasteiger partial charge in [0, 0.05) is 23.3 Å². The number of hydrogen-bond donors (Lipinski definition) is 1. The number of nitrogens with zero attached hydrogens (tertiary/aromatic N) is 3. The Kier molecular flexibility index (Phi) is 4.99. The zero-order valence-electron chi connectivity index (χ0n) is 14.6. The van der Waals surface area contributed by atoms with E-state index in [1.165, 1.54) is 0 Å². The minimum Gasteiger partial charge on any atom is -0.479 e. The molecule has 2 aromatic heterocycles. The van der Waals surface area contributed by atoms with Crippen molar-refractivity contribution >= 4 is 11.6 Å². The van der Waals surface area contributed by atoms with E-state index < -0.39 is 0 Å². The molecule has 6 nitrogen and oxygen atoms in total. The number of rotatable bonds is 5. The molecule has 3 rings (SSSR count). The quantitative estimate of drug-likeness (QED) is 0.765. The highest BCUT2D eigenvalue weighted by Crippen LogP contribution is 2.21. The topological polar surface area (TPSA) is 79.9 Å². The van der Waals surface area contributed by atoms with Gasteiger partial charge in [-0.3, -0.25) is 4.79 Å². The average Bonchev–Trinajstić information content (AvgIpc) is 2.96. The van der Waals surface area contributed by atoms with Gasteiger partial charge in [-0.05, 0) is 56.3 Å². The van der Waals surface area contributed by atoms with Crippen molar-refractivity contribution in [2.45, 2.75) is 13.8 Å². The Labute approximate surface area is 151 Å². The standard InChI is InChI=1S/C20H18N4O2/c1-14-13-18(15(2)24(14)19-5-3-4-11-22-19)20(25)23-16-6-8-17(9-7-16)26-12-10-21/h3-9,11,13H,12H2,1-2H3,(H,23,25). The smallest absolute Gasteiger partial charge is 0.257 e. The zero-order chi connectivity index (χ0) is 18.5. The highest BCUT2D eigenvalue weighted by atomic mass is 16.5. The molecule has 1 N–H and O–H groups in total. The second-order valence-corrected chi connectivity index (χ2v) is 5.73. The van der Waals surface area contributed by atoms with Crippen LogP contribution in [-0.4, -0.2) is 22.1 Å². The van der Waals surface area contributed by atoms with E-state index >= 15 is 0 Å². The predicted octanol–water partition coefficient (Wildman–Crippen LogP) is 3.64. The monoisotopic (exact) mass is 346 g/mol. The summed E-state index contributed by atoms with van der Waals surface area (Å²) in [5, 5.41) is 11.4.